The summed E-state index contributed by atoms with van der Waals surface area (Å²) in [6.07, 6.45) is 0. The summed E-state index contributed by atoms with van der Waals surface area (Å²) in [6.45, 7) is 4.36. The van der Waals surface area contributed by atoms with Gasteiger partial charge in [0.15, 0.2) is 5.58 Å². The lowest BCUT2D eigenvalue weighted by Gasteiger charge is -1.81. The maximum atomic E-state index is 5.36. The van der Waals surface area contributed by atoms with Crippen molar-refractivity contribution in [3.63, 3.8) is 0 Å². The fourth-order valence-electron chi connectivity index (χ4n) is 1.01. The molecule has 2 N–H and O–H groups in total. The lowest BCUT2D eigenvalue weighted by Crippen LogP contribution is -1.94. The summed E-state index contributed by atoms with van der Waals surface area (Å²) in [6, 6.07) is 7.61. The van der Waals surface area contributed by atoms with Crippen LogP contribution in [0.2, 0.25) is 0 Å². The molecule has 3 nitrogen and oxygen atoms in total. The van der Waals surface area contributed by atoms with Crippen molar-refractivity contribution in [3.05, 3.63) is 30.2 Å². The molecule has 70 valence electrons. The average Bonchev–Trinajstić information content (AvgIpc) is 2.63. The van der Waals surface area contributed by atoms with Crippen molar-refractivity contribution in [2.45, 2.75) is 20.4 Å². The van der Waals surface area contributed by atoms with Gasteiger partial charge in [-0.15, -0.1) is 0 Å². The van der Waals surface area contributed by atoms with Crippen LogP contribution in [0, 0.1) is 0 Å². The van der Waals surface area contributed by atoms with Crippen molar-refractivity contribution in [1.82, 2.24) is 4.98 Å². The lowest BCUT2D eigenvalue weighted by atomic mass is 10.3. The molecule has 0 radical (unpaired) electrons. The third kappa shape index (κ3) is 2.06. The van der Waals surface area contributed by atoms with Gasteiger partial charge in [0, 0.05) is 0 Å². The third-order valence-electron chi connectivity index (χ3n) is 1.51. The number of fused-ring (bicyclic) bond motifs is 1. The highest BCUT2D eigenvalue weighted by atomic mass is 16.3. The molecule has 0 saturated heterocycles. The molecule has 0 aliphatic rings. The SMILES string of the molecule is CC.NCc1nc2ccccc2o1. The van der Waals surface area contributed by atoms with Crippen LogP contribution in [0.1, 0.15) is 19.7 Å². The van der Waals surface area contributed by atoms with Gasteiger partial charge in [-0.25, -0.2) is 4.98 Å². The predicted molar refractivity (Wildman–Crippen MR) is 53.2 cm³/mol. The van der Waals surface area contributed by atoms with E-state index in [2.05, 4.69) is 4.98 Å². The number of rotatable bonds is 1. The largest absolute Gasteiger partial charge is 0.439 e. The number of oxazole rings is 1. The molecule has 0 aliphatic heterocycles. The molecule has 0 saturated carbocycles. The first-order valence-corrected chi connectivity index (χ1v) is 4.44. The Morgan fingerprint density at radius 1 is 1.31 bits per heavy atom. The van der Waals surface area contributed by atoms with E-state index in [9.17, 15) is 0 Å². The van der Waals surface area contributed by atoms with Gasteiger partial charge in [0.25, 0.3) is 0 Å². The Morgan fingerprint density at radius 3 is 2.62 bits per heavy atom. The number of aromatic nitrogens is 1. The van der Waals surface area contributed by atoms with E-state index in [1.807, 2.05) is 38.1 Å². The fraction of sp³-hybridized carbons (Fsp3) is 0.300. The maximum Gasteiger partial charge on any atom is 0.209 e. The highest BCUT2D eigenvalue weighted by Gasteiger charge is 2.00. The number of hydrogen-bond donors (Lipinski definition) is 1. The van der Waals surface area contributed by atoms with Crippen LogP contribution in [-0.2, 0) is 6.54 Å². The van der Waals surface area contributed by atoms with Crippen molar-refractivity contribution in [2.24, 2.45) is 5.73 Å². The van der Waals surface area contributed by atoms with Gasteiger partial charge in [-0.2, -0.15) is 0 Å². The smallest absolute Gasteiger partial charge is 0.209 e. The second-order valence-electron chi connectivity index (χ2n) is 2.28. The van der Waals surface area contributed by atoms with Crippen LogP contribution in [0.25, 0.3) is 11.1 Å². The Bertz CT molecular complexity index is 335. The van der Waals surface area contributed by atoms with Crippen molar-refractivity contribution in [1.29, 1.82) is 0 Å². The molecule has 0 unspecified atom stereocenters. The average molecular weight is 178 g/mol. The van der Waals surface area contributed by atoms with E-state index in [1.54, 1.807) is 0 Å². The molecule has 3 heteroatoms. The summed E-state index contributed by atoms with van der Waals surface area (Å²) in [4.78, 5) is 4.14. The second-order valence-corrected chi connectivity index (χ2v) is 2.28. The molecule has 0 spiro atoms. The van der Waals surface area contributed by atoms with Crippen LogP contribution < -0.4 is 5.73 Å². The van der Waals surface area contributed by atoms with Gasteiger partial charge in [-0.3, -0.25) is 0 Å². The molecule has 0 atom stereocenters. The number of nitrogens with zero attached hydrogens (tertiary/aromatic N) is 1. The molecule has 0 aliphatic carbocycles. The molecule has 13 heavy (non-hydrogen) atoms. The van der Waals surface area contributed by atoms with E-state index in [4.69, 9.17) is 10.2 Å². The summed E-state index contributed by atoms with van der Waals surface area (Å²) in [5.41, 5.74) is 7.02. The quantitative estimate of drug-likeness (QED) is 0.729. The van der Waals surface area contributed by atoms with E-state index < -0.39 is 0 Å². The first-order chi connectivity index (χ1) is 6.40. The highest BCUT2D eigenvalue weighted by molar-refractivity contribution is 5.72. The molecular weight excluding hydrogens is 164 g/mol. The van der Waals surface area contributed by atoms with Crippen molar-refractivity contribution >= 4 is 11.1 Å². The Morgan fingerprint density at radius 2 is 2.00 bits per heavy atom. The summed E-state index contributed by atoms with van der Waals surface area (Å²) >= 11 is 0. The van der Waals surface area contributed by atoms with Crippen LogP contribution in [0.4, 0.5) is 0 Å². The van der Waals surface area contributed by atoms with E-state index in [0.29, 0.717) is 12.4 Å². The summed E-state index contributed by atoms with van der Waals surface area (Å²) < 4.78 is 5.28. The molecule has 0 fully saturated rings. The number of nitrogens with two attached hydrogens (primary N) is 1. The van der Waals surface area contributed by atoms with Crippen molar-refractivity contribution < 1.29 is 4.42 Å². The topological polar surface area (TPSA) is 52.0 Å². The maximum absolute atomic E-state index is 5.36. The zero-order valence-corrected chi connectivity index (χ0v) is 7.95. The molecule has 2 rings (SSSR count). The zero-order valence-electron chi connectivity index (χ0n) is 7.95. The van der Waals surface area contributed by atoms with Crippen LogP contribution in [-0.4, -0.2) is 4.98 Å². The minimum Gasteiger partial charge on any atom is -0.439 e. The van der Waals surface area contributed by atoms with Gasteiger partial charge in [0.2, 0.25) is 5.89 Å². The third-order valence-corrected chi connectivity index (χ3v) is 1.51. The first kappa shape index (κ1) is 9.74. The highest BCUT2D eigenvalue weighted by Crippen LogP contribution is 2.13. The van der Waals surface area contributed by atoms with Gasteiger partial charge in [0.05, 0.1) is 6.54 Å². The Hall–Kier alpha value is -1.35. The molecule has 0 bridgehead atoms. The van der Waals surface area contributed by atoms with Crippen molar-refractivity contribution in [3.8, 4) is 0 Å². The Balaban J connectivity index is 0.000000396. The Labute approximate surface area is 77.6 Å². The minimum absolute atomic E-state index is 0.356. The minimum atomic E-state index is 0.356. The van der Waals surface area contributed by atoms with Crippen LogP contribution in [0.3, 0.4) is 0 Å². The summed E-state index contributed by atoms with van der Waals surface area (Å²) in [7, 11) is 0. The fourth-order valence-corrected chi connectivity index (χ4v) is 1.01. The number of benzene rings is 1. The lowest BCUT2D eigenvalue weighted by molar-refractivity contribution is 0.533. The molecular formula is C10H14N2O. The monoisotopic (exact) mass is 178 g/mol. The van der Waals surface area contributed by atoms with Crippen LogP contribution in [0.15, 0.2) is 28.7 Å². The molecule has 1 aromatic heterocycles. The van der Waals surface area contributed by atoms with E-state index in [0.717, 1.165) is 11.1 Å². The second kappa shape index (κ2) is 4.62. The van der Waals surface area contributed by atoms with Gasteiger partial charge in [-0.1, -0.05) is 26.0 Å². The normalized spacial score (nSPS) is 9.46. The first-order valence-electron chi connectivity index (χ1n) is 4.44. The van der Waals surface area contributed by atoms with Gasteiger partial charge >= 0.3 is 0 Å². The van der Waals surface area contributed by atoms with E-state index in [-0.39, 0.29) is 0 Å². The van der Waals surface area contributed by atoms with Gasteiger partial charge < -0.3 is 10.2 Å². The summed E-state index contributed by atoms with van der Waals surface area (Å²) in [5, 5.41) is 0. The van der Waals surface area contributed by atoms with Crippen LogP contribution >= 0.6 is 0 Å². The van der Waals surface area contributed by atoms with Crippen LogP contribution in [0.5, 0.6) is 0 Å². The zero-order chi connectivity index (χ0) is 9.68. The Kier molecular flexibility index (Phi) is 3.46. The summed E-state index contributed by atoms with van der Waals surface area (Å²) in [5.74, 6) is 0.589. The van der Waals surface area contributed by atoms with E-state index >= 15 is 0 Å². The molecule has 1 heterocycles. The predicted octanol–water partition coefficient (Wildman–Crippen LogP) is 2.31. The van der Waals surface area contributed by atoms with Gasteiger partial charge in [-0.05, 0) is 12.1 Å². The van der Waals surface area contributed by atoms with E-state index in [1.165, 1.54) is 0 Å². The van der Waals surface area contributed by atoms with Crippen molar-refractivity contribution in [2.75, 3.05) is 0 Å². The number of para-hydroxylation sites is 2. The standard InChI is InChI=1S/C8H8N2O.C2H6/c9-5-8-10-6-3-1-2-4-7(6)11-8;1-2/h1-4H,5,9H2;1-2H3. The number of hydrogen-bond acceptors (Lipinski definition) is 3. The molecule has 1 aromatic carbocycles. The van der Waals surface area contributed by atoms with Gasteiger partial charge in [0.1, 0.15) is 5.52 Å². The molecule has 2 aromatic rings. The molecule has 0 amide bonds.